The van der Waals surface area contributed by atoms with Crippen molar-refractivity contribution < 1.29 is 23.7 Å². The van der Waals surface area contributed by atoms with E-state index < -0.39 is 0 Å². The van der Waals surface area contributed by atoms with E-state index in [4.69, 9.17) is 23.7 Å². The van der Waals surface area contributed by atoms with Crippen LogP contribution in [0.4, 0.5) is 0 Å². The molecule has 0 fully saturated rings. The number of ether oxygens (including phenoxy) is 5. The predicted octanol–water partition coefficient (Wildman–Crippen LogP) is 3.48. The van der Waals surface area contributed by atoms with Crippen LogP contribution >= 0.6 is 0 Å². The Hall–Kier alpha value is -2.40. The zero-order valence-corrected chi connectivity index (χ0v) is 13.9. The van der Waals surface area contributed by atoms with Gasteiger partial charge in [0.15, 0.2) is 23.0 Å². The van der Waals surface area contributed by atoms with Crippen molar-refractivity contribution in [1.82, 2.24) is 0 Å². The van der Waals surface area contributed by atoms with E-state index in [1.807, 2.05) is 42.5 Å². The topological polar surface area (TPSA) is 46.2 Å². The highest BCUT2D eigenvalue weighted by molar-refractivity contribution is 5.44. The molecule has 0 spiro atoms. The summed E-state index contributed by atoms with van der Waals surface area (Å²) < 4.78 is 27.2. The Labute approximate surface area is 136 Å². The largest absolute Gasteiger partial charge is 0.493 e. The highest BCUT2D eigenvalue weighted by Gasteiger charge is 2.15. The van der Waals surface area contributed by atoms with Gasteiger partial charge in [-0.2, -0.15) is 0 Å². The van der Waals surface area contributed by atoms with Crippen molar-refractivity contribution in [1.29, 1.82) is 0 Å². The molecule has 0 heterocycles. The first-order valence-corrected chi connectivity index (χ1v) is 7.24. The Morgan fingerprint density at radius 3 is 1.96 bits per heavy atom. The number of para-hydroxylation sites is 2. The lowest BCUT2D eigenvalue weighted by Crippen LogP contribution is -2.13. The number of hydrogen-bond acceptors (Lipinski definition) is 5. The van der Waals surface area contributed by atoms with Crippen LogP contribution in [0.1, 0.15) is 11.7 Å². The summed E-state index contributed by atoms with van der Waals surface area (Å²) in [6.45, 7) is 0.354. The van der Waals surface area contributed by atoms with E-state index >= 15 is 0 Å². The molecule has 2 aromatic rings. The van der Waals surface area contributed by atoms with Gasteiger partial charge in [0.2, 0.25) is 0 Å². The average molecular weight is 318 g/mol. The van der Waals surface area contributed by atoms with Crippen molar-refractivity contribution in [3.8, 4) is 23.0 Å². The molecule has 0 aliphatic carbocycles. The van der Waals surface area contributed by atoms with Crippen molar-refractivity contribution in [3.63, 3.8) is 0 Å². The molecule has 0 saturated heterocycles. The van der Waals surface area contributed by atoms with E-state index in [1.54, 1.807) is 28.4 Å². The van der Waals surface area contributed by atoms with Gasteiger partial charge in [0.05, 0.1) is 21.3 Å². The van der Waals surface area contributed by atoms with Crippen LogP contribution in [0.3, 0.4) is 0 Å². The molecule has 1 atom stereocenters. The first-order chi connectivity index (χ1) is 11.2. The monoisotopic (exact) mass is 318 g/mol. The van der Waals surface area contributed by atoms with E-state index in [-0.39, 0.29) is 6.10 Å². The normalized spacial score (nSPS) is 11.7. The molecule has 5 nitrogen and oxygen atoms in total. The molecule has 5 heteroatoms. The Morgan fingerprint density at radius 2 is 1.35 bits per heavy atom. The molecule has 0 radical (unpaired) electrons. The number of hydrogen-bond donors (Lipinski definition) is 0. The maximum atomic E-state index is 5.84. The van der Waals surface area contributed by atoms with Gasteiger partial charge in [0, 0.05) is 7.11 Å². The second-order valence-corrected chi connectivity index (χ2v) is 4.80. The molecule has 1 unspecified atom stereocenters. The maximum Gasteiger partial charge on any atom is 0.161 e. The summed E-state index contributed by atoms with van der Waals surface area (Å²) in [6, 6.07) is 13.2. The van der Waals surface area contributed by atoms with Crippen LogP contribution in [0.2, 0.25) is 0 Å². The van der Waals surface area contributed by atoms with Gasteiger partial charge in [-0.1, -0.05) is 18.2 Å². The van der Waals surface area contributed by atoms with Crippen LogP contribution in [0.25, 0.3) is 0 Å². The molecule has 0 aliphatic heterocycles. The van der Waals surface area contributed by atoms with Crippen LogP contribution in [-0.4, -0.2) is 35.0 Å². The van der Waals surface area contributed by atoms with Crippen LogP contribution < -0.4 is 18.9 Å². The molecule has 0 bridgehead atoms. The molecule has 124 valence electrons. The van der Waals surface area contributed by atoms with Crippen molar-refractivity contribution in [2.75, 3.05) is 35.0 Å². The number of benzene rings is 2. The van der Waals surface area contributed by atoms with E-state index in [9.17, 15) is 0 Å². The molecular weight excluding hydrogens is 296 g/mol. The lowest BCUT2D eigenvalue weighted by molar-refractivity contribution is 0.0564. The van der Waals surface area contributed by atoms with Crippen LogP contribution in [-0.2, 0) is 4.74 Å². The Morgan fingerprint density at radius 1 is 0.739 bits per heavy atom. The molecular formula is C18H22O5. The van der Waals surface area contributed by atoms with Gasteiger partial charge in [0.1, 0.15) is 12.7 Å². The van der Waals surface area contributed by atoms with Gasteiger partial charge < -0.3 is 23.7 Å². The first kappa shape index (κ1) is 17.0. The molecule has 0 N–H and O–H groups in total. The third-order valence-corrected chi connectivity index (χ3v) is 3.52. The van der Waals surface area contributed by atoms with Crippen molar-refractivity contribution in [2.45, 2.75) is 6.10 Å². The fourth-order valence-electron chi connectivity index (χ4n) is 2.26. The summed E-state index contributed by atoms with van der Waals surface area (Å²) >= 11 is 0. The zero-order chi connectivity index (χ0) is 16.7. The van der Waals surface area contributed by atoms with Crippen LogP contribution in [0.5, 0.6) is 23.0 Å². The Balaban J connectivity index is 2.14. The molecule has 23 heavy (non-hydrogen) atoms. The molecule has 0 saturated carbocycles. The molecule has 0 aromatic heterocycles. The third kappa shape index (κ3) is 4.07. The van der Waals surface area contributed by atoms with Crippen molar-refractivity contribution in [3.05, 3.63) is 48.0 Å². The lowest BCUT2D eigenvalue weighted by Gasteiger charge is -2.19. The number of rotatable bonds is 8. The van der Waals surface area contributed by atoms with E-state index in [1.165, 1.54) is 0 Å². The fourth-order valence-corrected chi connectivity index (χ4v) is 2.26. The lowest BCUT2D eigenvalue weighted by atomic mass is 10.1. The van der Waals surface area contributed by atoms with Gasteiger partial charge in [-0.15, -0.1) is 0 Å². The van der Waals surface area contributed by atoms with Gasteiger partial charge >= 0.3 is 0 Å². The Bertz CT molecular complexity index is 627. The molecule has 2 rings (SSSR count). The summed E-state index contributed by atoms with van der Waals surface area (Å²) in [4.78, 5) is 0. The van der Waals surface area contributed by atoms with Gasteiger partial charge in [0.25, 0.3) is 0 Å². The zero-order valence-electron chi connectivity index (χ0n) is 13.9. The summed E-state index contributed by atoms with van der Waals surface area (Å²) in [5.74, 6) is 2.70. The van der Waals surface area contributed by atoms with Crippen molar-refractivity contribution >= 4 is 0 Å². The Kier molecular flexibility index (Phi) is 6.11. The minimum Gasteiger partial charge on any atom is -0.493 e. The quantitative estimate of drug-likeness (QED) is 0.746. The fraction of sp³-hybridized carbons (Fsp3) is 0.333. The second-order valence-electron chi connectivity index (χ2n) is 4.80. The smallest absolute Gasteiger partial charge is 0.161 e. The minimum absolute atomic E-state index is 0.236. The highest BCUT2D eigenvalue weighted by Crippen LogP contribution is 2.32. The van der Waals surface area contributed by atoms with Gasteiger partial charge in [-0.25, -0.2) is 0 Å². The average Bonchev–Trinajstić information content (AvgIpc) is 2.62. The summed E-state index contributed by atoms with van der Waals surface area (Å²) in [5.41, 5.74) is 0.944. The standard InChI is InChI=1S/C18H22O5/c1-19-14-7-5-6-8-16(14)23-12-18(22-4)13-9-10-15(20-2)17(11-13)21-3/h5-11,18H,12H2,1-4H3. The van der Waals surface area contributed by atoms with Crippen molar-refractivity contribution in [2.24, 2.45) is 0 Å². The maximum absolute atomic E-state index is 5.84. The van der Waals surface area contributed by atoms with E-state index in [0.717, 1.165) is 5.56 Å². The van der Waals surface area contributed by atoms with Gasteiger partial charge in [-0.3, -0.25) is 0 Å². The van der Waals surface area contributed by atoms with Gasteiger partial charge in [-0.05, 0) is 29.8 Å². The number of methoxy groups -OCH3 is 4. The van der Waals surface area contributed by atoms with Crippen LogP contribution in [0.15, 0.2) is 42.5 Å². The third-order valence-electron chi connectivity index (χ3n) is 3.52. The van der Waals surface area contributed by atoms with E-state index in [0.29, 0.717) is 29.6 Å². The minimum atomic E-state index is -0.236. The summed E-state index contributed by atoms with van der Waals surface area (Å²) in [6.07, 6.45) is -0.236. The summed E-state index contributed by atoms with van der Waals surface area (Å²) in [7, 11) is 6.47. The first-order valence-electron chi connectivity index (χ1n) is 7.24. The predicted molar refractivity (Wildman–Crippen MR) is 87.8 cm³/mol. The summed E-state index contributed by atoms with van der Waals surface area (Å²) in [5, 5.41) is 0. The SMILES string of the molecule is COc1ccc(C(COc2ccccc2OC)OC)cc1OC. The van der Waals surface area contributed by atoms with Crippen LogP contribution in [0, 0.1) is 0 Å². The molecule has 0 aliphatic rings. The molecule has 0 amide bonds. The van der Waals surface area contributed by atoms with E-state index in [2.05, 4.69) is 0 Å². The molecule has 2 aromatic carbocycles. The highest BCUT2D eigenvalue weighted by atomic mass is 16.5. The second kappa shape index (κ2) is 8.29.